The van der Waals surface area contributed by atoms with E-state index in [2.05, 4.69) is 4.90 Å². The Morgan fingerprint density at radius 2 is 2.00 bits per heavy atom. The summed E-state index contributed by atoms with van der Waals surface area (Å²) >= 11 is 1.67. The number of benzene rings is 2. The molecule has 0 radical (unpaired) electrons. The minimum atomic E-state index is -0.814. The molecule has 1 aliphatic heterocycles. The van der Waals surface area contributed by atoms with Gasteiger partial charge >= 0.3 is 5.97 Å². The summed E-state index contributed by atoms with van der Waals surface area (Å²) in [5.74, 6) is 0.0202. The molecule has 1 N–H and O–H groups in total. The molecule has 0 saturated carbocycles. The van der Waals surface area contributed by atoms with Gasteiger partial charge in [-0.05, 0) is 35.9 Å². The SMILES string of the molecule is COc1ccc2c(c1)Sc1ccc(CC(=O)O)cc1N2C. The highest BCUT2D eigenvalue weighted by Crippen LogP contribution is 2.48. The molecule has 2 aromatic rings. The summed E-state index contributed by atoms with van der Waals surface area (Å²) in [7, 11) is 3.65. The number of methoxy groups -OCH3 is 1. The largest absolute Gasteiger partial charge is 0.497 e. The Balaban J connectivity index is 2.01. The number of ether oxygens (including phenoxy) is 1. The number of hydrogen-bond acceptors (Lipinski definition) is 4. The molecule has 0 spiro atoms. The third kappa shape index (κ3) is 2.56. The monoisotopic (exact) mass is 301 g/mol. The Labute approximate surface area is 127 Å². The molecule has 0 fully saturated rings. The fraction of sp³-hybridized carbons (Fsp3) is 0.188. The zero-order valence-electron chi connectivity index (χ0n) is 11.8. The van der Waals surface area contributed by atoms with Gasteiger partial charge in [-0.25, -0.2) is 0 Å². The van der Waals surface area contributed by atoms with Crippen molar-refractivity contribution in [2.24, 2.45) is 0 Å². The van der Waals surface area contributed by atoms with E-state index in [1.165, 1.54) is 0 Å². The fourth-order valence-corrected chi connectivity index (χ4v) is 3.58. The highest BCUT2D eigenvalue weighted by Gasteiger charge is 2.21. The molecule has 0 bridgehead atoms. The van der Waals surface area contributed by atoms with Gasteiger partial charge in [0, 0.05) is 16.8 Å². The van der Waals surface area contributed by atoms with E-state index >= 15 is 0 Å². The average Bonchev–Trinajstić information content (AvgIpc) is 2.47. The molecular formula is C16H15NO3S. The molecule has 2 aromatic carbocycles. The number of aliphatic carboxylic acids is 1. The van der Waals surface area contributed by atoms with Crippen molar-refractivity contribution in [3.8, 4) is 5.75 Å². The van der Waals surface area contributed by atoms with E-state index in [9.17, 15) is 4.79 Å². The lowest BCUT2D eigenvalue weighted by Gasteiger charge is -2.30. The van der Waals surface area contributed by atoms with Gasteiger partial charge in [-0.1, -0.05) is 17.8 Å². The molecule has 0 amide bonds. The van der Waals surface area contributed by atoms with E-state index in [-0.39, 0.29) is 6.42 Å². The first-order valence-electron chi connectivity index (χ1n) is 6.53. The summed E-state index contributed by atoms with van der Waals surface area (Å²) in [4.78, 5) is 15.2. The van der Waals surface area contributed by atoms with E-state index < -0.39 is 5.97 Å². The van der Waals surface area contributed by atoms with Gasteiger partial charge in [-0.15, -0.1) is 0 Å². The number of nitrogens with zero attached hydrogens (tertiary/aromatic N) is 1. The summed E-state index contributed by atoms with van der Waals surface area (Å²) in [6, 6.07) is 11.8. The Morgan fingerprint density at radius 3 is 2.71 bits per heavy atom. The zero-order chi connectivity index (χ0) is 15.0. The number of carboxylic acids is 1. The van der Waals surface area contributed by atoms with Crippen molar-refractivity contribution in [1.29, 1.82) is 0 Å². The molecule has 0 atom stereocenters. The first kappa shape index (κ1) is 13.8. The molecule has 108 valence electrons. The molecule has 0 aromatic heterocycles. The molecule has 0 unspecified atom stereocenters. The highest BCUT2D eigenvalue weighted by atomic mass is 32.2. The fourth-order valence-electron chi connectivity index (χ4n) is 2.42. The van der Waals surface area contributed by atoms with E-state index in [0.29, 0.717) is 0 Å². The number of hydrogen-bond donors (Lipinski definition) is 1. The molecule has 0 aliphatic carbocycles. The molecule has 1 aliphatic rings. The second-order valence-corrected chi connectivity index (χ2v) is 5.95. The maximum absolute atomic E-state index is 10.9. The summed E-state index contributed by atoms with van der Waals surface area (Å²) in [5.41, 5.74) is 2.95. The van der Waals surface area contributed by atoms with Gasteiger partial charge in [0.15, 0.2) is 0 Å². The van der Waals surface area contributed by atoms with Crippen molar-refractivity contribution < 1.29 is 14.6 Å². The predicted molar refractivity (Wildman–Crippen MR) is 83.0 cm³/mol. The van der Waals surface area contributed by atoms with Crippen LogP contribution in [-0.2, 0) is 11.2 Å². The lowest BCUT2D eigenvalue weighted by molar-refractivity contribution is -0.136. The molecule has 1 heterocycles. The van der Waals surface area contributed by atoms with Gasteiger partial charge in [0.05, 0.1) is 24.9 Å². The van der Waals surface area contributed by atoms with E-state index in [0.717, 1.165) is 32.5 Å². The van der Waals surface area contributed by atoms with Crippen LogP contribution in [-0.4, -0.2) is 25.2 Å². The van der Waals surface area contributed by atoms with Crippen LogP contribution in [0.2, 0.25) is 0 Å². The number of carboxylic acid groups (broad SMARTS) is 1. The van der Waals surface area contributed by atoms with Crippen LogP contribution in [0.25, 0.3) is 0 Å². The summed E-state index contributed by atoms with van der Waals surface area (Å²) in [5, 5.41) is 8.92. The third-order valence-electron chi connectivity index (χ3n) is 3.49. The molecule has 3 rings (SSSR count). The molecule has 0 saturated heterocycles. The molecule has 5 heteroatoms. The van der Waals surface area contributed by atoms with Crippen LogP contribution in [0.3, 0.4) is 0 Å². The van der Waals surface area contributed by atoms with Crippen molar-refractivity contribution in [3.63, 3.8) is 0 Å². The van der Waals surface area contributed by atoms with Gasteiger partial charge in [-0.3, -0.25) is 4.79 Å². The Hall–Kier alpha value is -2.14. The summed E-state index contributed by atoms with van der Waals surface area (Å²) in [6.07, 6.45) is 0.0429. The first-order chi connectivity index (χ1) is 10.1. The normalized spacial score (nSPS) is 12.6. The first-order valence-corrected chi connectivity index (χ1v) is 7.34. The Bertz CT molecular complexity index is 715. The second kappa shape index (κ2) is 5.33. The zero-order valence-corrected chi connectivity index (χ0v) is 12.6. The molecule has 21 heavy (non-hydrogen) atoms. The Morgan fingerprint density at radius 1 is 1.19 bits per heavy atom. The average molecular weight is 301 g/mol. The van der Waals surface area contributed by atoms with E-state index in [1.54, 1.807) is 18.9 Å². The third-order valence-corrected chi connectivity index (χ3v) is 4.60. The Kier molecular flexibility index (Phi) is 3.51. The van der Waals surface area contributed by atoms with Crippen LogP contribution in [0.5, 0.6) is 5.75 Å². The maximum atomic E-state index is 10.9. The van der Waals surface area contributed by atoms with Crippen molar-refractivity contribution >= 4 is 29.1 Å². The summed E-state index contributed by atoms with van der Waals surface area (Å²) in [6.45, 7) is 0. The van der Waals surface area contributed by atoms with Gasteiger partial charge < -0.3 is 14.7 Å². The number of carbonyl (C=O) groups is 1. The minimum Gasteiger partial charge on any atom is -0.497 e. The van der Waals surface area contributed by atoms with Crippen LogP contribution in [0.4, 0.5) is 11.4 Å². The van der Waals surface area contributed by atoms with Crippen LogP contribution in [0.15, 0.2) is 46.2 Å². The van der Waals surface area contributed by atoms with Gasteiger partial charge in [0.1, 0.15) is 5.75 Å². The molecular weight excluding hydrogens is 286 g/mol. The topological polar surface area (TPSA) is 49.8 Å². The molecule has 4 nitrogen and oxygen atoms in total. The second-order valence-electron chi connectivity index (χ2n) is 4.87. The lowest BCUT2D eigenvalue weighted by atomic mass is 10.1. The van der Waals surface area contributed by atoms with Crippen LogP contribution in [0.1, 0.15) is 5.56 Å². The number of fused-ring (bicyclic) bond motifs is 2. The van der Waals surface area contributed by atoms with E-state index in [4.69, 9.17) is 9.84 Å². The van der Waals surface area contributed by atoms with Crippen molar-refractivity contribution in [2.45, 2.75) is 16.2 Å². The quantitative estimate of drug-likeness (QED) is 0.939. The summed E-state index contributed by atoms with van der Waals surface area (Å²) < 4.78 is 5.27. The number of anilines is 2. The standard InChI is InChI=1S/C16H15NO3S/c1-17-12-5-4-11(20-2)9-15(12)21-14-6-3-10(7-13(14)17)8-16(18)19/h3-7,9H,8H2,1-2H3,(H,18,19). The van der Waals surface area contributed by atoms with Crippen LogP contribution < -0.4 is 9.64 Å². The number of rotatable bonds is 3. The van der Waals surface area contributed by atoms with Crippen molar-refractivity contribution in [2.75, 3.05) is 19.1 Å². The van der Waals surface area contributed by atoms with Gasteiger partial charge in [0.2, 0.25) is 0 Å². The minimum absolute atomic E-state index is 0.0429. The maximum Gasteiger partial charge on any atom is 0.307 e. The van der Waals surface area contributed by atoms with Crippen molar-refractivity contribution in [3.05, 3.63) is 42.0 Å². The van der Waals surface area contributed by atoms with Crippen LogP contribution >= 0.6 is 11.8 Å². The van der Waals surface area contributed by atoms with E-state index in [1.807, 2.05) is 43.4 Å². The van der Waals surface area contributed by atoms with Gasteiger partial charge in [-0.2, -0.15) is 0 Å². The van der Waals surface area contributed by atoms with Crippen LogP contribution in [0, 0.1) is 0 Å². The van der Waals surface area contributed by atoms with Crippen molar-refractivity contribution in [1.82, 2.24) is 0 Å². The lowest BCUT2D eigenvalue weighted by Crippen LogP contribution is -2.15. The predicted octanol–water partition coefficient (Wildman–Crippen LogP) is 3.55. The highest BCUT2D eigenvalue weighted by molar-refractivity contribution is 7.99. The smallest absolute Gasteiger partial charge is 0.307 e. The van der Waals surface area contributed by atoms with Gasteiger partial charge in [0.25, 0.3) is 0 Å².